The number of esters is 1. The number of rotatable bonds is 11. The average molecular weight is 318 g/mol. The van der Waals surface area contributed by atoms with E-state index >= 15 is 0 Å². The van der Waals surface area contributed by atoms with E-state index in [4.69, 9.17) is 4.74 Å². The van der Waals surface area contributed by atoms with Gasteiger partial charge in [-0.1, -0.05) is 57.7 Å². The second-order valence-electron chi connectivity index (χ2n) is 5.63. The summed E-state index contributed by atoms with van der Waals surface area (Å²) in [7, 11) is 0. The molecule has 0 heterocycles. The zero-order chi connectivity index (χ0) is 17.1. The minimum absolute atomic E-state index is 0.0448. The Bertz CT molecular complexity index is 534. The predicted molar refractivity (Wildman–Crippen MR) is 90.5 cm³/mol. The van der Waals surface area contributed by atoms with E-state index in [1.807, 2.05) is 12.1 Å². The van der Waals surface area contributed by atoms with Crippen molar-refractivity contribution in [3.63, 3.8) is 0 Å². The molecular formula is C19H26O4. The third-order valence-electron chi connectivity index (χ3n) is 3.76. The molecule has 0 saturated heterocycles. The van der Waals surface area contributed by atoms with Gasteiger partial charge in [0.05, 0.1) is 5.56 Å². The van der Waals surface area contributed by atoms with Crippen LogP contribution in [-0.2, 0) is 22.6 Å². The highest BCUT2D eigenvalue weighted by Gasteiger charge is 2.12. The summed E-state index contributed by atoms with van der Waals surface area (Å²) in [5.74, 6) is -1.57. The van der Waals surface area contributed by atoms with E-state index in [9.17, 15) is 14.7 Å². The van der Waals surface area contributed by atoms with Gasteiger partial charge in [0.2, 0.25) is 0 Å². The predicted octanol–water partition coefficient (Wildman–Crippen LogP) is 4.52. The molecule has 0 unspecified atom stereocenters. The third kappa shape index (κ3) is 7.13. The summed E-state index contributed by atoms with van der Waals surface area (Å²) >= 11 is 0. The summed E-state index contributed by atoms with van der Waals surface area (Å²) < 4.78 is 4.97. The molecule has 0 aliphatic heterocycles. The Labute approximate surface area is 138 Å². The molecular weight excluding hydrogens is 292 g/mol. The fourth-order valence-corrected chi connectivity index (χ4v) is 2.45. The molecule has 4 nitrogen and oxygen atoms in total. The molecule has 23 heavy (non-hydrogen) atoms. The van der Waals surface area contributed by atoms with Crippen molar-refractivity contribution in [1.29, 1.82) is 0 Å². The van der Waals surface area contributed by atoms with Crippen molar-refractivity contribution < 1.29 is 19.4 Å². The van der Waals surface area contributed by atoms with Crippen molar-refractivity contribution in [2.24, 2.45) is 0 Å². The number of aromatic carboxylic acids is 1. The Morgan fingerprint density at radius 1 is 1.17 bits per heavy atom. The number of unbranched alkanes of at least 4 members (excludes halogenated alkanes) is 5. The molecule has 0 aliphatic carbocycles. The minimum atomic E-state index is -1.01. The van der Waals surface area contributed by atoms with Crippen LogP contribution in [0.1, 0.15) is 66.9 Å². The van der Waals surface area contributed by atoms with Crippen molar-refractivity contribution in [3.8, 4) is 0 Å². The minimum Gasteiger partial charge on any atom is -0.478 e. The lowest BCUT2D eigenvalue weighted by Crippen LogP contribution is -2.07. The average Bonchev–Trinajstić information content (AvgIpc) is 2.55. The molecule has 0 saturated carbocycles. The van der Waals surface area contributed by atoms with Crippen LogP contribution >= 0.6 is 0 Å². The van der Waals surface area contributed by atoms with Gasteiger partial charge in [-0.2, -0.15) is 0 Å². The van der Waals surface area contributed by atoms with E-state index in [0.717, 1.165) is 24.5 Å². The number of aryl methyl sites for hydroxylation is 1. The first-order chi connectivity index (χ1) is 11.1. The van der Waals surface area contributed by atoms with Crippen LogP contribution in [0.25, 0.3) is 0 Å². The zero-order valence-corrected chi connectivity index (χ0v) is 13.8. The van der Waals surface area contributed by atoms with Crippen molar-refractivity contribution in [3.05, 3.63) is 47.5 Å². The summed E-state index contributed by atoms with van der Waals surface area (Å²) in [5.41, 5.74) is 1.78. The molecule has 0 fully saturated rings. The molecule has 4 heteroatoms. The van der Waals surface area contributed by atoms with Gasteiger partial charge in [0, 0.05) is 11.6 Å². The number of hydrogen-bond acceptors (Lipinski definition) is 3. The van der Waals surface area contributed by atoms with Gasteiger partial charge in [-0.05, 0) is 24.5 Å². The molecule has 0 aliphatic rings. The molecule has 0 atom stereocenters. The Balaban J connectivity index is 2.61. The van der Waals surface area contributed by atoms with Crippen LogP contribution < -0.4 is 0 Å². The van der Waals surface area contributed by atoms with Crippen molar-refractivity contribution in [1.82, 2.24) is 0 Å². The first-order valence-electron chi connectivity index (χ1n) is 8.22. The maximum Gasteiger partial charge on any atom is 0.336 e. The highest BCUT2D eigenvalue weighted by atomic mass is 16.5. The molecule has 0 aromatic heterocycles. The molecule has 1 rings (SSSR count). The molecule has 0 amide bonds. The smallest absolute Gasteiger partial charge is 0.336 e. The number of carbonyl (C=O) groups is 2. The fraction of sp³-hybridized carbons (Fsp3) is 0.474. The molecule has 126 valence electrons. The largest absolute Gasteiger partial charge is 0.478 e. The number of carboxylic acids is 1. The van der Waals surface area contributed by atoms with Gasteiger partial charge in [-0.25, -0.2) is 9.59 Å². The van der Waals surface area contributed by atoms with E-state index in [0.29, 0.717) is 5.56 Å². The first-order valence-corrected chi connectivity index (χ1v) is 8.22. The highest BCUT2D eigenvalue weighted by molar-refractivity contribution is 5.89. The van der Waals surface area contributed by atoms with Crippen molar-refractivity contribution in [2.45, 2.75) is 58.5 Å². The van der Waals surface area contributed by atoms with Gasteiger partial charge >= 0.3 is 11.9 Å². The Morgan fingerprint density at radius 3 is 2.52 bits per heavy atom. The maximum atomic E-state index is 11.2. The van der Waals surface area contributed by atoms with Gasteiger partial charge in [0.15, 0.2) is 0 Å². The number of benzene rings is 1. The van der Waals surface area contributed by atoms with E-state index in [-0.39, 0.29) is 12.2 Å². The van der Waals surface area contributed by atoms with Crippen LogP contribution in [0.5, 0.6) is 0 Å². The molecule has 0 bridgehead atoms. The van der Waals surface area contributed by atoms with Crippen LogP contribution in [0.15, 0.2) is 30.9 Å². The van der Waals surface area contributed by atoms with E-state index in [1.54, 1.807) is 6.07 Å². The molecule has 1 aromatic carbocycles. The Kier molecular flexibility index (Phi) is 8.73. The van der Waals surface area contributed by atoms with Crippen molar-refractivity contribution in [2.75, 3.05) is 0 Å². The number of hydrogen-bond donors (Lipinski definition) is 1. The van der Waals surface area contributed by atoms with Gasteiger partial charge in [0.25, 0.3) is 0 Å². The fourth-order valence-electron chi connectivity index (χ4n) is 2.45. The van der Waals surface area contributed by atoms with Crippen LogP contribution in [0.4, 0.5) is 0 Å². The molecule has 1 aromatic rings. The van der Waals surface area contributed by atoms with Crippen LogP contribution in [0.3, 0.4) is 0 Å². The molecule has 1 N–H and O–H groups in total. The quantitative estimate of drug-likeness (QED) is 0.370. The third-order valence-corrected chi connectivity index (χ3v) is 3.76. The van der Waals surface area contributed by atoms with Gasteiger partial charge in [-0.3, -0.25) is 0 Å². The number of ether oxygens (including phenoxy) is 1. The summed E-state index contributed by atoms with van der Waals surface area (Å²) in [6, 6.07) is 5.26. The van der Waals surface area contributed by atoms with Crippen molar-refractivity contribution >= 4 is 11.9 Å². The molecule has 0 spiro atoms. The van der Waals surface area contributed by atoms with Gasteiger partial charge in [-0.15, -0.1) is 0 Å². The summed E-state index contributed by atoms with van der Waals surface area (Å²) in [6.45, 7) is 5.48. The van der Waals surface area contributed by atoms with E-state index < -0.39 is 11.9 Å². The summed E-state index contributed by atoms with van der Waals surface area (Å²) in [6.07, 6.45) is 9.29. The second kappa shape index (κ2) is 10.6. The normalized spacial score (nSPS) is 10.3. The standard InChI is InChI=1S/C19H26O4/c1-3-5-6-7-8-9-10-15-11-12-17(19(21)22)16(13-15)14-23-18(20)4-2/h4,11-13H,2-3,5-10,14H2,1H3,(H,21,22). The number of carboxylic acid groups (broad SMARTS) is 1. The Hall–Kier alpha value is -2.10. The highest BCUT2D eigenvalue weighted by Crippen LogP contribution is 2.17. The molecule has 0 radical (unpaired) electrons. The lowest BCUT2D eigenvalue weighted by molar-refractivity contribution is -0.139. The number of carbonyl (C=O) groups excluding carboxylic acids is 1. The van der Waals surface area contributed by atoms with E-state index in [1.165, 1.54) is 32.1 Å². The monoisotopic (exact) mass is 318 g/mol. The topological polar surface area (TPSA) is 63.6 Å². The van der Waals surface area contributed by atoms with Gasteiger partial charge in [0.1, 0.15) is 6.61 Å². The maximum absolute atomic E-state index is 11.2. The lowest BCUT2D eigenvalue weighted by Gasteiger charge is -2.09. The van der Waals surface area contributed by atoms with E-state index in [2.05, 4.69) is 13.5 Å². The second-order valence-corrected chi connectivity index (χ2v) is 5.63. The summed E-state index contributed by atoms with van der Waals surface area (Å²) in [5, 5.41) is 9.21. The lowest BCUT2D eigenvalue weighted by atomic mass is 10.00. The summed E-state index contributed by atoms with van der Waals surface area (Å²) in [4.78, 5) is 22.4. The van der Waals surface area contributed by atoms with Crippen LogP contribution in [0, 0.1) is 0 Å². The SMILES string of the molecule is C=CC(=O)OCc1cc(CCCCCCCC)ccc1C(=O)O. The van der Waals surface area contributed by atoms with Crippen LogP contribution in [0.2, 0.25) is 0 Å². The first kappa shape index (κ1) is 18.9. The van der Waals surface area contributed by atoms with Crippen LogP contribution in [-0.4, -0.2) is 17.0 Å². The van der Waals surface area contributed by atoms with Gasteiger partial charge < -0.3 is 9.84 Å². The zero-order valence-electron chi connectivity index (χ0n) is 13.8. The Morgan fingerprint density at radius 2 is 1.87 bits per heavy atom.